The molecule has 0 unspecified atom stereocenters. The number of benzene rings is 1. The first-order chi connectivity index (χ1) is 14.9. The van der Waals surface area contributed by atoms with Crippen LogP contribution in [0.3, 0.4) is 0 Å². The maximum Gasteiger partial charge on any atom is 0.256 e. The van der Waals surface area contributed by atoms with E-state index in [4.69, 9.17) is 9.47 Å². The number of carbonyl (C=O) groups is 3. The summed E-state index contributed by atoms with van der Waals surface area (Å²) < 4.78 is 10.8. The summed E-state index contributed by atoms with van der Waals surface area (Å²) in [5, 5.41) is 2.92. The van der Waals surface area contributed by atoms with Crippen LogP contribution in [0.25, 0.3) is 0 Å². The molecule has 0 bridgehead atoms. The number of amides is 3. The van der Waals surface area contributed by atoms with E-state index < -0.39 is 0 Å². The third-order valence-corrected chi connectivity index (χ3v) is 6.29. The average molecular weight is 432 g/mol. The molecule has 1 aromatic rings. The Balaban J connectivity index is 1.76. The molecule has 0 atom stereocenters. The predicted octanol–water partition coefficient (Wildman–Crippen LogP) is 2.92. The van der Waals surface area contributed by atoms with E-state index in [0.717, 1.165) is 6.42 Å². The van der Waals surface area contributed by atoms with E-state index in [-0.39, 0.29) is 17.7 Å². The lowest BCUT2D eigenvalue weighted by Crippen LogP contribution is -2.50. The molecule has 1 aliphatic carbocycles. The van der Waals surface area contributed by atoms with Gasteiger partial charge in [0.05, 0.1) is 25.5 Å². The third-order valence-electron chi connectivity index (χ3n) is 6.29. The van der Waals surface area contributed by atoms with Crippen molar-refractivity contribution in [1.29, 1.82) is 0 Å². The first-order valence-corrected chi connectivity index (χ1v) is 11.0. The molecule has 1 N–H and O–H groups in total. The van der Waals surface area contributed by atoms with Gasteiger partial charge in [-0.15, -0.1) is 0 Å². The van der Waals surface area contributed by atoms with Crippen molar-refractivity contribution in [2.75, 3.05) is 45.7 Å². The van der Waals surface area contributed by atoms with Crippen molar-refractivity contribution < 1.29 is 23.9 Å². The lowest BCUT2D eigenvalue weighted by atomic mass is 10.0. The van der Waals surface area contributed by atoms with Crippen molar-refractivity contribution in [1.82, 2.24) is 9.80 Å². The molecule has 3 rings (SSSR count). The van der Waals surface area contributed by atoms with E-state index in [1.807, 2.05) is 0 Å². The SMILES string of the molecule is COc1cc(NC(=O)CCC2CCCC2)c(C(=O)N2CCN(C(C)=O)CC2)cc1OC. The van der Waals surface area contributed by atoms with Crippen LogP contribution >= 0.6 is 0 Å². The molecule has 1 saturated carbocycles. The largest absolute Gasteiger partial charge is 0.493 e. The molecular weight excluding hydrogens is 398 g/mol. The lowest BCUT2D eigenvalue weighted by molar-refractivity contribution is -0.130. The Morgan fingerprint density at radius 3 is 2.13 bits per heavy atom. The number of hydrogen-bond acceptors (Lipinski definition) is 5. The van der Waals surface area contributed by atoms with Gasteiger partial charge in [-0.05, 0) is 18.4 Å². The molecule has 31 heavy (non-hydrogen) atoms. The number of anilines is 1. The summed E-state index contributed by atoms with van der Waals surface area (Å²) in [6.45, 7) is 3.42. The van der Waals surface area contributed by atoms with Crippen LogP contribution in [0.4, 0.5) is 5.69 Å². The smallest absolute Gasteiger partial charge is 0.256 e. The van der Waals surface area contributed by atoms with Gasteiger partial charge in [0.25, 0.3) is 5.91 Å². The van der Waals surface area contributed by atoms with Gasteiger partial charge in [-0.2, -0.15) is 0 Å². The Hall–Kier alpha value is -2.77. The van der Waals surface area contributed by atoms with Crippen LogP contribution in [0.2, 0.25) is 0 Å². The summed E-state index contributed by atoms with van der Waals surface area (Å²) in [4.78, 5) is 40.9. The Bertz CT molecular complexity index is 812. The van der Waals surface area contributed by atoms with E-state index in [2.05, 4.69) is 5.32 Å². The van der Waals surface area contributed by atoms with E-state index in [1.165, 1.54) is 46.8 Å². The second-order valence-electron chi connectivity index (χ2n) is 8.29. The fourth-order valence-electron chi connectivity index (χ4n) is 4.40. The van der Waals surface area contributed by atoms with Crippen molar-refractivity contribution in [2.24, 2.45) is 5.92 Å². The predicted molar refractivity (Wildman–Crippen MR) is 118 cm³/mol. The second-order valence-corrected chi connectivity index (χ2v) is 8.29. The maximum atomic E-state index is 13.3. The monoisotopic (exact) mass is 431 g/mol. The third kappa shape index (κ3) is 5.68. The first kappa shape index (κ1) is 22.9. The van der Waals surface area contributed by atoms with Crippen molar-refractivity contribution in [3.8, 4) is 11.5 Å². The van der Waals surface area contributed by atoms with Crippen molar-refractivity contribution >= 4 is 23.4 Å². The zero-order chi connectivity index (χ0) is 22.4. The highest BCUT2D eigenvalue weighted by molar-refractivity contribution is 6.04. The number of carbonyl (C=O) groups excluding carboxylic acids is 3. The van der Waals surface area contributed by atoms with E-state index in [0.29, 0.717) is 61.3 Å². The fourth-order valence-corrected chi connectivity index (χ4v) is 4.40. The topological polar surface area (TPSA) is 88.2 Å². The van der Waals surface area contributed by atoms with Crippen LogP contribution in [0.15, 0.2) is 12.1 Å². The minimum atomic E-state index is -0.199. The summed E-state index contributed by atoms with van der Waals surface area (Å²) in [7, 11) is 3.03. The Morgan fingerprint density at radius 1 is 0.968 bits per heavy atom. The minimum Gasteiger partial charge on any atom is -0.493 e. The molecule has 8 nitrogen and oxygen atoms in total. The van der Waals surface area contributed by atoms with Crippen LogP contribution in [0.5, 0.6) is 11.5 Å². The van der Waals surface area contributed by atoms with Crippen LogP contribution in [0.1, 0.15) is 55.8 Å². The molecule has 8 heteroatoms. The molecule has 0 radical (unpaired) electrons. The molecule has 0 spiro atoms. The van der Waals surface area contributed by atoms with Gasteiger partial charge in [0.1, 0.15) is 0 Å². The molecule has 1 heterocycles. The number of nitrogens with zero attached hydrogens (tertiary/aromatic N) is 2. The average Bonchev–Trinajstić information content (AvgIpc) is 3.30. The van der Waals surface area contributed by atoms with Gasteiger partial charge in [-0.25, -0.2) is 0 Å². The number of ether oxygens (including phenoxy) is 2. The standard InChI is InChI=1S/C23H33N3O5/c1-16(27)25-10-12-26(13-11-25)23(29)18-14-20(30-2)21(31-3)15-19(18)24-22(28)9-8-17-6-4-5-7-17/h14-15,17H,4-13H2,1-3H3,(H,24,28). The molecule has 3 amide bonds. The molecule has 0 aromatic heterocycles. The second kappa shape index (κ2) is 10.5. The molecule has 170 valence electrons. The molecule has 1 aromatic carbocycles. The normalized spacial score (nSPS) is 16.9. The van der Waals surface area contributed by atoms with Crippen molar-refractivity contribution in [2.45, 2.75) is 45.4 Å². The molecule has 2 fully saturated rings. The summed E-state index contributed by atoms with van der Waals surface area (Å²) >= 11 is 0. The maximum absolute atomic E-state index is 13.3. The quantitative estimate of drug-likeness (QED) is 0.717. The van der Waals surface area contributed by atoms with Crippen molar-refractivity contribution in [3.63, 3.8) is 0 Å². The van der Waals surface area contributed by atoms with Gasteiger partial charge >= 0.3 is 0 Å². The summed E-state index contributed by atoms with van der Waals surface area (Å²) in [5.74, 6) is 1.21. The number of hydrogen-bond donors (Lipinski definition) is 1. The Morgan fingerprint density at radius 2 is 1.55 bits per heavy atom. The van der Waals surface area contributed by atoms with E-state index >= 15 is 0 Å². The Labute approximate surface area is 183 Å². The molecular formula is C23H33N3O5. The molecule has 1 saturated heterocycles. The van der Waals surface area contributed by atoms with Crippen LogP contribution in [-0.4, -0.2) is 67.9 Å². The fraction of sp³-hybridized carbons (Fsp3) is 0.609. The lowest BCUT2D eigenvalue weighted by Gasteiger charge is -2.34. The number of methoxy groups -OCH3 is 2. The van der Waals surface area contributed by atoms with Crippen molar-refractivity contribution in [3.05, 3.63) is 17.7 Å². The minimum absolute atomic E-state index is 0.00781. The summed E-state index contributed by atoms with van der Waals surface area (Å²) in [6.07, 6.45) is 6.19. The number of nitrogens with one attached hydrogen (secondary N) is 1. The highest BCUT2D eigenvalue weighted by Gasteiger charge is 2.27. The van der Waals surface area contributed by atoms with E-state index in [1.54, 1.807) is 21.9 Å². The van der Waals surface area contributed by atoms with Crippen LogP contribution in [-0.2, 0) is 9.59 Å². The van der Waals surface area contributed by atoms with Gasteiger partial charge in [0, 0.05) is 45.6 Å². The summed E-state index contributed by atoms with van der Waals surface area (Å²) in [6, 6.07) is 3.26. The molecule has 2 aliphatic rings. The number of rotatable bonds is 7. The van der Waals surface area contributed by atoms with Gasteiger partial charge in [0.2, 0.25) is 11.8 Å². The van der Waals surface area contributed by atoms with Crippen LogP contribution in [0, 0.1) is 5.92 Å². The van der Waals surface area contributed by atoms with Crippen LogP contribution < -0.4 is 14.8 Å². The Kier molecular flexibility index (Phi) is 7.76. The van der Waals surface area contributed by atoms with Gasteiger partial charge in [-0.3, -0.25) is 14.4 Å². The molecule has 1 aliphatic heterocycles. The highest BCUT2D eigenvalue weighted by Crippen LogP contribution is 2.35. The van der Waals surface area contributed by atoms with Gasteiger partial charge in [-0.1, -0.05) is 25.7 Å². The van der Waals surface area contributed by atoms with Gasteiger partial charge in [0.15, 0.2) is 11.5 Å². The number of piperazine rings is 1. The zero-order valence-electron chi connectivity index (χ0n) is 18.7. The van der Waals surface area contributed by atoms with Gasteiger partial charge < -0.3 is 24.6 Å². The zero-order valence-corrected chi connectivity index (χ0v) is 18.7. The van der Waals surface area contributed by atoms with E-state index in [9.17, 15) is 14.4 Å². The highest BCUT2D eigenvalue weighted by atomic mass is 16.5. The summed E-state index contributed by atoms with van der Waals surface area (Å²) in [5.41, 5.74) is 0.788. The first-order valence-electron chi connectivity index (χ1n) is 11.0.